The maximum absolute atomic E-state index is 13.8. The number of carbonyl (C=O) groups excluding carboxylic acids is 2. The molecule has 0 fully saturated rings. The van der Waals surface area contributed by atoms with Gasteiger partial charge in [0.1, 0.15) is 16.5 Å². The first kappa shape index (κ1) is 19.5. The lowest BCUT2D eigenvalue weighted by Crippen LogP contribution is -2.20. The molecule has 4 aromatic rings. The molecule has 2 heterocycles. The van der Waals surface area contributed by atoms with E-state index in [1.165, 1.54) is 30.5 Å². The fourth-order valence-electron chi connectivity index (χ4n) is 2.77. The highest BCUT2D eigenvalue weighted by molar-refractivity contribution is 7.13. The average Bonchev–Trinajstić information content (AvgIpc) is 3.45. The second-order valence-corrected chi connectivity index (χ2v) is 7.13. The summed E-state index contributed by atoms with van der Waals surface area (Å²) in [5.41, 5.74) is 2.07. The van der Waals surface area contributed by atoms with Crippen molar-refractivity contribution in [1.29, 1.82) is 0 Å². The first-order valence-corrected chi connectivity index (χ1v) is 9.82. The Balaban J connectivity index is 1.51. The maximum atomic E-state index is 13.8. The third kappa shape index (κ3) is 3.96. The smallest absolute Gasteiger partial charge is 0.275 e. The van der Waals surface area contributed by atoms with Gasteiger partial charge in [-0.15, -0.1) is 11.3 Å². The quantitative estimate of drug-likeness (QED) is 0.514. The zero-order valence-corrected chi connectivity index (χ0v) is 16.6. The van der Waals surface area contributed by atoms with Crippen LogP contribution in [0.3, 0.4) is 0 Å². The fourth-order valence-corrected chi connectivity index (χ4v) is 3.55. The minimum atomic E-state index is -0.668. The molecule has 150 valence electrons. The molecule has 0 saturated heterocycles. The van der Waals surface area contributed by atoms with Crippen LogP contribution in [0.2, 0.25) is 0 Å². The standard InChI is InChI=1S/C21H16FN5O2S/c1-23-19(28)16-9-14(7-8-17(16)22)25-20(29)18-12-30-21(26-18)13-10-24-27(11-13)15-5-3-2-4-6-15/h2-12H,1H3,(H,23,28)(H,25,29). The van der Waals surface area contributed by atoms with Crippen LogP contribution in [0.5, 0.6) is 0 Å². The minimum Gasteiger partial charge on any atom is -0.355 e. The van der Waals surface area contributed by atoms with Crippen LogP contribution >= 0.6 is 11.3 Å². The van der Waals surface area contributed by atoms with Crippen molar-refractivity contribution in [2.24, 2.45) is 0 Å². The third-order valence-corrected chi connectivity index (χ3v) is 5.17. The van der Waals surface area contributed by atoms with Crippen molar-refractivity contribution in [3.63, 3.8) is 0 Å². The van der Waals surface area contributed by atoms with Gasteiger partial charge in [-0.05, 0) is 30.3 Å². The van der Waals surface area contributed by atoms with E-state index in [0.717, 1.165) is 17.3 Å². The monoisotopic (exact) mass is 421 g/mol. The summed E-state index contributed by atoms with van der Waals surface area (Å²) in [7, 11) is 1.41. The van der Waals surface area contributed by atoms with E-state index in [-0.39, 0.29) is 11.3 Å². The van der Waals surface area contributed by atoms with Crippen molar-refractivity contribution in [3.05, 3.63) is 83.4 Å². The van der Waals surface area contributed by atoms with Crippen molar-refractivity contribution in [2.45, 2.75) is 0 Å². The van der Waals surface area contributed by atoms with Crippen LogP contribution in [0, 0.1) is 5.82 Å². The number of hydrogen-bond donors (Lipinski definition) is 2. The summed E-state index contributed by atoms with van der Waals surface area (Å²) in [6, 6.07) is 13.4. The van der Waals surface area contributed by atoms with Crippen LogP contribution in [0.15, 0.2) is 66.3 Å². The molecule has 30 heavy (non-hydrogen) atoms. The van der Waals surface area contributed by atoms with Crippen LogP contribution in [0.4, 0.5) is 10.1 Å². The Hall–Kier alpha value is -3.85. The maximum Gasteiger partial charge on any atom is 0.275 e. The number of para-hydroxylation sites is 1. The normalized spacial score (nSPS) is 10.6. The van der Waals surface area contributed by atoms with Gasteiger partial charge in [0.25, 0.3) is 11.8 Å². The van der Waals surface area contributed by atoms with Crippen molar-refractivity contribution in [1.82, 2.24) is 20.1 Å². The lowest BCUT2D eigenvalue weighted by molar-refractivity contribution is 0.0957. The molecular weight excluding hydrogens is 405 g/mol. The van der Waals surface area contributed by atoms with Gasteiger partial charge in [-0.25, -0.2) is 14.1 Å². The molecule has 2 aromatic carbocycles. The Labute approximate surface area is 175 Å². The van der Waals surface area contributed by atoms with E-state index in [1.54, 1.807) is 16.3 Å². The summed E-state index contributed by atoms with van der Waals surface area (Å²) in [6.07, 6.45) is 3.52. The van der Waals surface area contributed by atoms with Gasteiger partial charge < -0.3 is 10.6 Å². The van der Waals surface area contributed by atoms with E-state index >= 15 is 0 Å². The van der Waals surface area contributed by atoms with Crippen LogP contribution in [0.1, 0.15) is 20.8 Å². The Morgan fingerprint density at radius 1 is 1.10 bits per heavy atom. The van der Waals surface area contributed by atoms with Crippen LogP contribution in [-0.4, -0.2) is 33.6 Å². The fraction of sp³-hybridized carbons (Fsp3) is 0.0476. The molecular formula is C21H16FN5O2S. The molecule has 0 atom stereocenters. The number of thiazole rings is 1. The molecule has 0 aliphatic carbocycles. The van der Waals surface area contributed by atoms with E-state index in [2.05, 4.69) is 20.7 Å². The van der Waals surface area contributed by atoms with E-state index in [0.29, 0.717) is 10.7 Å². The SMILES string of the molecule is CNC(=O)c1cc(NC(=O)c2csc(-c3cnn(-c4ccccc4)c3)n2)ccc1F. The van der Waals surface area contributed by atoms with E-state index < -0.39 is 17.6 Å². The largest absolute Gasteiger partial charge is 0.355 e. The first-order chi connectivity index (χ1) is 14.5. The summed E-state index contributed by atoms with van der Waals surface area (Å²) in [6.45, 7) is 0. The molecule has 0 aliphatic heterocycles. The van der Waals surface area contributed by atoms with Crippen LogP contribution in [0.25, 0.3) is 16.3 Å². The molecule has 9 heteroatoms. The molecule has 2 aromatic heterocycles. The number of nitrogens with one attached hydrogen (secondary N) is 2. The van der Waals surface area contributed by atoms with Gasteiger partial charge in [-0.3, -0.25) is 9.59 Å². The number of halogens is 1. The van der Waals surface area contributed by atoms with Crippen molar-refractivity contribution in [3.8, 4) is 16.3 Å². The molecule has 4 rings (SSSR count). The van der Waals surface area contributed by atoms with Crippen LogP contribution < -0.4 is 10.6 Å². The molecule has 0 bridgehead atoms. The Morgan fingerprint density at radius 2 is 1.90 bits per heavy atom. The molecule has 2 N–H and O–H groups in total. The molecule has 0 saturated carbocycles. The van der Waals surface area contributed by atoms with E-state index in [4.69, 9.17) is 0 Å². The summed E-state index contributed by atoms with van der Waals surface area (Å²) < 4.78 is 15.5. The number of amides is 2. The number of nitrogens with zero attached hydrogens (tertiary/aromatic N) is 3. The van der Waals surface area contributed by atoms with Crippen molar-refractivity contribution < 1.29 is 14.0 Å². The minimum absolute atomic E-state index is 0.150. The number of aromatic nitrogens is 3. The van der Waals surface area contributed by atoms with Gasteiger partial charge in [0.05, 0.1) is 17.4 Å². The Bertz CT molecular complexity index is 1220. The highest BCUT2D eigenvalue weighted by Crippen LogP contribution is 2.25. The Morgan fingerprint density at radius 3 is 2.67 bits per heavy atom. The number of hydrogen-bond acceptors (Lipinski definition) is 5. The predicted molar refractivity (Wildman–Crippen MR) is 112 cm³/mol. The third-order valence-electron chi connectivity index (χ3n) is 4.28. The van der Waals surface area contributed by atoms with Gasteiger partial charge in [0.2, 0.25) is 0 Å². The molecule has 0 aliphatic rings. The molecule has 0 spiro atoms. The first-order valence-electron chi connectivity index (χ1n) is 8.94. The summed E-state index contributed by atoms with van der Waals surface area (Å²) >= 11 is 1.31. The molecule has 0 unspecified atom stereocenters. The number of benzene rings is 2. The summed E-state index contributed by atoms with van der Waals surface area (Å²) in [5.74, 6) is -1.70. The van der Waals surface area contributed by atoms with Gasteiger partial charge in [0, 0.05) is 29.9 Å². The zero-order valence-electron chi connectivity index (χ0n) is 15.8. The summed E-state index contributed by atoms with van der Waals surface area (Å²) in [5, 5.41) is 11.6. The lowest BCUT2D eigenvalue weighted by Gasteiger charge is -2.07. The van der Waals surface area contributed by atoms with Gasteiger partial charge in [-0.1, -0.05) is 18.2 Å². The number of rotatable bonds is 5. The van der Waals surface area contributed by atoms with E-state index in [1.807, 2.05) is 36.5 Å². The highest BCUT2D eigenvalue weighted by Gasteiger charge is 2.16. The van der Waals surface area contributed by atoms with E-state index in [9.17, 15) is 14.0 Å². The lowest BCUT2D eigenvalue weighted by atomic mass is 10.1. The van der Waals surface area contributed by atoms with Crippen molar-refractivity contribution >= 4 is 28.8 Å². The topological polar surface area (TPSA) is 88.9 Å². The number of carbonyl (C=O) groups is 2. The highest BCUT2D eigenvalue weighted by atomic mass is 32.1. The van der Waals surface area contributed by atoms with Gasteiger partial charge in [0.15, 0.2) is 0 Å². The van der Waals surface area contributed by atoms with Crippen LogP contribution in [-0.2, 0) is 0 Å². The predicted octanol–water partition coefficient (Wildman–Crippen LogP) is 3.75. The average molecular weight is 421 g/mol. The second-order valence-electron chi connectivity index (χ2n) is 6.27. The Kier molecular flexibility index (Phi) is 5.36. The second kappa shape index (κ2) is 8.26. The number of anilines is 1. The molecule has 0 radical (unpaired) electrons. The van der Waals surface area contributed by atoms with Gasteiger partial charge in [-0.2, -0.15) is 5.10 Å². The van der Waals surface area contributed by atoms with Gasteiger partial charge >= 0.3 is 0 Å². The zero-order chi connectivity index (χ0) is 21.1. The molecule has 7 nitrogen and oxygen atoms in total. The summed E-state index contributed by atoms with van der Waals surface area (Å²) in [4.78, 5) is 28.6. The van der Waals surface area contributed by atoms with Crippen molar-refractivity contribution in [2.75, 3.05) is 12.4 Å². The molecule has 2 amide bonds.